The fourth-order valence-corrected chi connectivity index (χ4v) is 3.10. The highest BCUT2D eigenvalue weighted by Crippen LogP contribution is 2.35. The van der Waals surface area contributed by atoms with E-state index in [1.165, 1.54) is 12.1 Å². The number of aromatic nitrogens is 3. The van der Waals surface area contributed by atoms with Gasteiger partial charge in [-0.2, -0.15) is 0 Å². The third kappa shape index (κ3) is 3.65. The van der Waals surface area contributed by atoms with Crippen molar-refractivity contribution in [2.45, 2.75) is 0 Å². The summed E-state index contributed by atoms with van der Waals surface area (Å²) in [6.45, 7) is 0. The number of rotatable bonds is 4. The van der Waals surface area contributed by atoms with Gasteiger partial charge in [0.15, 0.2) is 5.75 Å². The summed E-state index contributed by atoms with van der Waals surface area (Å²) in [5.41, 5.74) is 1.92. The Labute approximate surface area is 164 Å². The van der Waals surface area contributed by atoms with Gasteiger partial charge in [0.25, 0.3) is 0 Å². The van der Waals surface area contributed by atoms with Crippen LogP contribution in [0.3, 0.4) is 0 Å². The highest BCUT2D eigenvalue weighted by molar-refractivity contribution is 6.35. The summed E-state index contributed by atoms with van der Waals surface area (Å²) in [6.07, 6.45) is 1.57. The zero-order chi connectivity index (χ0) is 18.8. The van der Waals surface area contributed by atoms with Crippen molar-refractivity contribution >= 4 is 23.2 Å². The first kappa shape index (κ1) is 17.5. The van der Waals surface area contributed by atoms with Crippen molar-refractivity contribution in [3.8, 4) is 28.4 Å². The third-order valence-electron chi connectivity index (χ3n) is 3.88. The molecule has 0 saturated heterocycles. The second-order valence-corrected chi connectivity index (χ2v) is 6.53. The van der Waals surface area contributed by atoms with Crippen LogP contribution in [0.2, 0.25) is 10.0 Å². The molecule has 1 heterocycles. The smallest absolute Gasteiger partial charge is 0.153 e. The Kier molecular flexibility index (Phi) is 4.79. The Morgan fingerprint density at radius 1 is 0.889 bits per heavy atom. The van der Waals surface area contributed by atoms with E-state index in [0.29, 0.717) is 38.5 Å². The molecule has 0 atom stereocenters. The van der Waals surface area contributed by atoms with E-state index in [0.717, 1.165) is 0 Å². The molecule has 7 heteroatoms. The Morgan fingerprint density at radius 2 is 1.74 bits per heavy atom. The van der Waals surface area contributed by atoms with Gasteiger partial charge in [0.2, 0.25) is 0 Å². The number of hydrogen-bond acceptors (Lipinski definition) is 3. The summed E-state index contributed by atoms with van der Waals surface area (Å²) >= 11 is 12.2. The molecule has 1 aromatic heterocycles. The fourth-order valence-electron chi connectivity index (χ4n) is 2.65. The molecule has 3 aromatic carbocycles. The summed E-state index contributed by atoms with van der Waals surface area (Å²) in [7, 11) is 0. The molecule has 0 N–H and O–H groups in total. The van der Waals surface area contributed by atoms with E-state index in [9.17, 15) is 4.39 Å². The van der Waals surface area contributed by atoms with Crippen LogP contribution in [0, 0.1) is 5.82 Å². The number of hydrogen-bond donors (Lipinski definition) is 0. The lowest BCUT2D eigenvalue weighted by atomic mass is 10.1. The Bertz CT molecular complexity index is 1110. The summed E-state index contributed by atoms with van der Waals surface area (Å²) < 4.78 is 21.2. The number of halogens is 3. The standard InChI is InChI=1S/C20H12Cl2FN3O/c21-14-8-9-19(16(22)11-14)27-20-7-2-1-6-17(20)26-18(12-24-25-26)13-4-3-5-15(23)10-13/h1-12H. The first-order valence-corrected chi connectivity index (χ1v) is 8.76. The predicted octanol–water partition coefficient (Wildman–Crippen LogP) is 6.17. The van der Waals surface area contributed by atoms with E-state index in [2.05, 4.69) is 10.3 Å². The van der Waals surface area contributed by atoms with Crippen LogP contribution in [-0.4, -0.2) is 15.0 Å². The summed E-state index contributed by atoms with van der Waals surface area (Å²) in [5, 5.41) is 9.02. The van der Waals surface area contributed by atoms with Gasteiger partial charge >= 0.3 is 0 Å². The van der Waals surface area contributed by atoms with Crippen LogP contribution in [0.5, 0.6) is 11.5 Å². The molecule has 0 amide bonds. The molecule has 0 unspecified atom stereocenters. The van der Waals surface area contributed by atoms with Gasteiger partial charge in [0.1, 0.15) is 17.3 Å². The zero-order valence-corrected chi connectivity index (χ0v) is 15.3. The first-order chi connectivity index (χ1) is 13.1. The SMILES string of the molecule is Fc1cccc(-c2cnnn2-c2ccccc2Oc2ccc(Cl)cc2Cl)c1. The topological polar surface area (TPSA) is 39.9 Å². The van der Waals surface area contributed by atoms with Crippen LogP contribution in [-0.2, 0) is 0 Å². The molecule has 0 radical (unpaired) electrons. The number of nitrogens with zero attached hydrogens (tertiary/aromatic N) is 3. The highest BCUT2D eigenvalue weighted by atomic mass is 35.5. The van der Waals surface area contributed by atoms with Crippen LogP contribution >= 0.6 is 23.2 Å². The van der Waals surface area contributed by atoms with Gasteiger partial charge in [0.05, 0.1) is 16.9 Å². The molecule has 134 valence electrons. The zero-order valence-electron chi connectivity index (χ0n) is 13.8. The minimum absolute atomic E-state index is 0.335. The van der Waals surface area contributed by atoms with Crippen LogP contribution in [0.25, 0.3) is 16.9 Å². The maximum absolute atomic E-state index is 13.6. The molecule has 0 aliphatic heterocycles. The summed E-state index contributed by atoms with van der Waals surface area (Å²) in [4.78, 5) is 0. The quantitative estimate of drug-likeness (QED) is 0.411. The van der Waals surface area contributed by atoms with Crippen LogP contribution < -0.4 is 4.74 Å². The summed E-state index contributed by atoms with van der Waals surface area (Å²) in [5.74, 6) is 0.642. The van der Waals surface area contributed by atoms with Crippen molar-refractivity contribution in [3.63, 3.8) is 0 Å². The lowest BCUT2D eigenvalue weighted by molar-refractivity contribution is 0.478. The fraction of sp³-hybridized carbons (Fsp3) is 0. The Hall–Kier alpha value is -2.89. The molecule has 0 fully saturated rings. The molecule has 0 saturated carbocycles. The maximum atomic E-state index is 13.6. The number of para-hydroxylation sites is 2. The normalized spacial score (nSPS) is 10.8. The summed E-state index contributed by atoms with van der Waals surface area (Å²) in [6, 6.07) is 18.5. The molecule has 27 heavy (non-hydrogen) atoms. The Morgan fingerprint density at radius 3 is 2.56 bits per heavy atom. The molecule has 0 aliphatic carbocycles. The molecule has 0 spiro atoms. The molecule has 4 rings (SSSR count). The van der Waals surface area contributed by atoms with Crippen LogP contribution in [0.15, 0.2) is 72.9 Å². The molecular formula is C20H12Cl2FN3O. The minimum Gasteiger partial charge on any atom is -0.454 e. The van der Waals surface area contributed by atoms with Gasteiger partial charge in [-0.05, 0) is 42.5 Å². The molecule has 4 aromatic rings. The lowest BCUT2D eigenvalue weighted by Gasteiger charge is -2.13. The average Bonchev–Trinajstić information content (AvgIpc) is 3.14. The van der Waals surface area contributed by atoms with E-state index >= 15 is 0 Å². The van der Waals surface area contributed by atoms with Gasteiger partial charge in [-0.3, -0.25) is 0 Å². The van der Waals surface area contributed by atoms with E-state index in [1.807, 2.05) is 18.2 Å². The van der Waals surface area contributed by atoms with Gasteiger partial charge in [0, 0.05) is 10.6 Å². The van der Waals surface area contributed by atoms with E-state index in [-0.39, 0.29) is 5.82 Å². The highest BCUT2D eigenvalue weighted by Gasteiger charge is 2.15. The average molecular weight is 400 g/mol. The van der Waals surface area contributed by atoms with Crippen molar-refractivity contribution in [2.24, 2.45) is 0 Å². The van der Waals surface area contributed by atoms with E-state index in [4.69, 9.17) is 27.9 Å². The van der Waals surface area contributed by atoms with Crippen molar-refractivity contribution in [3.05, 3.63) is 88.8 Å². The third-order valence-corrected chi connectivity index (χ3v) is 4.41. The molecule has 0 bridgehead atoms. The first-order valence-electron chi connectivity index (χ1n) is 8.01. The lowest BCUT2D eigenvalue weighted by Crippen LogP contribution is -2.02. The maximum Gasteiger partial charge on any atom is 0.153 e. The van der Waals surface area contributed by atoms with Crippen molar-refractivity contribution in [2.75, 3.05) is 0 Å². The molecular weight excluding hydrogens is 388 g/mol. The largest absolute Gasteiger partial charge is 0.454 e. The van der Waals surface area contributed by atoms with Crippen LogP contribution in [0.4, 0.5) is 4.39 Å². The van der Waals surface area contributed by atoms with Gasteiger partial charge in [-0.1, -0.05) is 52.7 Å². The number of benzene rings is 3. The Balaban J connectivity index is 1.78. The number of ether oxygens (including phenoxy) is 1. The minimum atomic E-state index is -0.335. The molecule has 4 nitrogen and oxygen atoms in total. The van der Waals surface area contributed by atoms with Gasteiger partial charge in [-0.25, -0.2) is 9.07 Å². The van der Waals surface area contributed by atoms with Gasteiger partial charge < -0.3 is 4.74 Å². The van der Waals surface area contributed by atoms with Crippen LogP contribution in [0.1, 0.15) is 0 Å². The van der Waals surface area contributed by atoms with Crippen molar-refractivity contribution in [1.29, 1.82) is 0 Å². The van der Waals surface area contributed by atoms with E-state index in [1.54, 1.807) is 47.3 Å². The van der Waals surface area contributed by atoms with E-state index < -0.39 is 0 Å². The monoisotopic (exact) mass is 399 g/mol. The van der Waals surface area contributed by atoms with Crippen molar-refractivity contribution < 1.29 is 9.13 Å². The predicted molar refractivity (Wildman–Crippen MR) is 103 cm³/mol. The molecule has 0 aliphatic rings. The van der Waals surface area contributed by atoms with Gasteiger partial charge in [-0.15, -0.1) is 5.10 Å². The second kappa shape index (κ2) is 7.39. The second-order valence-electron chi connectivity index (χ2n) is 5.69. The van der Waals surface area contributed by atoms with Crippen molar-refractivity contribution in [1.82, 2.24) is 15.0 Å².